The highest BCUT2D eigenvalue weighted by atomic mass is 32.2. The number of rotatable bonds is 8. The summed E-state index contributed by atoms with van der Waals surface area (Å²) < 4.78 is 12.7. The molecule has 94 valence electrons. The van der Waals surface area contributed by atoms with Crippen molar-refractivity contribution in [2.24, 2.45) is 0 Å². The van der Waals surface area contributed by atoms with Crippen molar-refractivity contribution < 1.29 is 4.39 Å². The summed E-state index contributed by atoms with van der Waals surface area (Å²) in [5.74, 6) is 1.93. The van der Waals surface area contributed by atoms with Gasteiger partial charge in [-0.3, -0.25) is 0 Å². The summed E-state index contributed by atoms with van der Waals surface area (Å²) in [6.45, 7) is 6.84. The molecule has 1 aromatic carbocycles. The van der Waals surface area contributed by atoms with Gasteiger partial charge in [-0.2, -0.15) is 11.8 Å². The Balaban J connectivity index is 2.18. The molecule has 17 heavy (non-hydrogen) atoms. The highest BCUT2D eigenvalue weighted by molar-refractivity contribution is 7.99. The van der Waals surface area contributed by atoms with Crippen LogP contribution >= 0.6 is 11.8 Å². The van der Waals surface area contributed by atoms with Gasteiger partial charge in [0.15, 0.2) is 0 Å². The Hall–Kier alpha value is -0.800. The number of hydrogen-bond donors (Lipinski definition) is 1. The van der Waals surface area contributed by atoms with Crippen molar-refractivity contribution in [2.75, 3.05) is 18.1 Å². The number of nitrogens with one attached hydrogen (secondary N) is 1. The predicted octanol–water partition coefficient (Wildman–Crippen LogP) is 3.27. The van der Waals surface area contributed by atoms with Crippen LogP contribution in [0.15, 0.2) is 36.9 Å². The van der Waals surface area contributed by atoms with E-state index in [1.54, 1.807) is 0 Å². The zero-order chi connectivity index (χ0) is 12.5. The second-order valence-corrected chi connectivity index (χ2v) is 5.20. The Morgan fingerprint density at radius 1 is 1.41 bits per heavy atom. The molecule has 0 saturated heterocycles. The monoisotopic (exact) mass is 253 g/mol. The molecule has 0 spiro atoms. The predicted molar refractivity (Wildman–Crippen MR) is 75.1 cm³/mol. The van der Waals surface area contributed by atoms with Crippen molar-refractivity contribution in [1.82, 2.24) is 5.32 Å². The Labute approximate surface area is 107 Å². The molecule has 0 aliphatic carbocycles. The van der Waals surface area contributed by atoms with E-state index in [1.165, 1.54) is 17.7 Å². The molecule has 0 heterocycles. The van der Waals surface area contributed by atoms with Crippen LogP contribution in [0.1, 0.15) is 12.5 Å². The highest BCUT2D eigenvalue weighted by Crippen LogP contribution is 2.06. The van der Waals surface area contributed by atoms with Crippen LogP contribution in [0.2, 0.25) is 0 Å². The second kappa shape index (κ2) is 8.31. The maximum atomic E-state index is 12.7. The first kappa shape index (κ1) is 14.3. The van der Waals surface area contributed by atoms with E-state index in [-0.39, 0.29) is 5.82 Å². The molecule has 0 bridgehead atoms. The zero-order valence-corrected chi connectivity index (χ0v) is 11.1. The highest BCUT2D eigenvalue weighted by Gasteiger charge is 2.02. The van der Waals surface area contributed by atoms with Crippen molar-refractivity contribution in [1.29, 1.82) is 0 Å². The van der Waals surface area contributed by atoms with Gasteiger partial charge in [0.2, 0.25) is 0 Å². The summed E-state index contributed by atoms with van der Waals surface area (Å²) in [5.41, 5.74) is 1.17. The second-order valence-electron chi connectivity index (χ2n) is 4.05. The van der Waals surface area contributed by atoms with Gasteiger partial charge in [0.05, 0.1) is 0 Å². The smallest absolute Gasteiger partial charge is 0.123 e. The van der Waals surface area contributed by atoms with Crippen molar-refractivity contribution >= 4 is 11.8 Å². The first-order chi connectivity index (χ1) is 8.22. The summed E-state index contributed by atoms with van der Waals surface area (Å²) in [6.07, 6.45) is 2.86. The van der Waals surface area contributed by atoms with Crippen molar-refractivity contribution in [3.8, 4) is 0 Å². The SMILES string of the molecule is C=CCSCCNC(C)Cc1ccc(F)cc1. The fourth-order valence-corrected chi connectivity index (χ4v) is 2.19. The molecule has 1 unspecified atom stereocenters. The zero-order valence-electron chi connectivity index (χ0n) is 10.3. The van der Waals surface area contributed by atoms with E-state index in [0.29, 0.717) is 6.04 Å². The number of benzene rings is 1. The van der Waals surface area contributed by atoms with Gasteiger partial charge >= 0.3 is 0 Å². The van der Waals surface area contributed by atoms with Crippen molar-refractivity contribution in [3.63, 3.8) is 0 Å². The van der Waals surface area contributed by atoms with Crippen molar-refractivity contribution in [3.05, 3.63) is 48.3 Å². The topological polar surface area (TPSA) is 12.0 Å². The molecule has 1 rings (SSSR count). The van der Waals surface area contributed by atoms with Crippen LogP contribution in [0.5, 0.6) is 0 Å². The molecular weight excluding hydrogens is 233 g/mol. The molecule has 1 nitrogen and oxygen atoms in total. The standard InChI is InChI=1S/C14H20FNS/c1-3-9-17-10-8-16-12(2)11-13-4-6-14(15)7-5-13/h3-7,12,16H,1,8-11H2,2H3. The summed E-state index contributed by atoms with van der Waals surface area (Å²) in [5, 5.41) is 3.46. The first-order valence-electron chi connectivity index (χ1n) is 5.89. The molecule has 0 fully saturated rings. The molecule has 1 N–H and O–H groups in total. The van der Waals surface area contributed by atoms with Gasteiger partial charge in [-0.05, 0) is 31.0 Å². The van der Waals surface area contributed by atoms with Gasteiger partial charge < -0.3 is 5.32 Å². The maximum absolute atomic E-state index is 12.7. The average Bonchev–Trinajstić information content (AvgIpc) is 2.32. The molecular formula is C14H20FNS. The van der Waals surface area contributed by atoms with Crippen LogP contribution in [-0.2, 0) is 6.42 Å². The lowest BCUT2D eigenvalue weighted by Gasteiger charge is -2.13. The van der Waals surface area contributed by atoms with Crippen LogP contribution < -0.4 is 5.32 Å². The van der Waals surface area contributed by atoms with E-state index in [0.717, 1.165) is 24.5 Å². The van der Waals surface area contributed by atoms with Gasteiger partial charge in [-0.1, -0.05) is 18.2 Å². The summed E-state index contributed by atoms with van der Waals surface area (Å²) in [6, 6.07) is 7.15. The number of hydrogen-bond acceptors (Lipinski definition) is 2. The quantitative estimate of drug-likeness (QED) is 0.564. The molecule has 1 atom stereocenters. The third kappa shape index (κ3) is 6.49. The van der Waals surface area contributed by atoms with Gasteiger partial charge in [0.25, 0.3) is 0 Å². The lowest BCUT2D eigenvalue weighted by atomic mass is 10.1. The summed E-state index contributed by atoms with van der Waals surface area (Å²) in [7, 11) is 0. The molecule has 0 aromatic heterocycles. The molecule has 3 heteroatoms. The Morgan fingerprint density at radius 3 is 2.76 bits per heavy atom. The lowest BCUT2D eigenvalue weighted by Crippen LogP contribution is -2.30. The van der Waals surface area contributed by atoms with Crippen LogP contribution in [-0.4, -0.2) is 24.1 Å². The van der Waals surface area contributed by atoms with E-state index in [9.17, 15) is 4.39 Å². The first-order valence-corrected chi connectivity index (χ1v) is 7.04. The summed E-state index contributed by atoms with van der Waals surface area (Å²) >= 11 is 1.87. The average molecular weight is 253 g/mol. The van der Waals surface area contributed by atoms with E-state index >= 15 is 0 Å². The van der Waals surface area contributed by atoms with Crippen LogP contribution in [0.3, 0.4) is 0 Å². The van der Waals surface area contributed by atoms with E-state index < -0.39 is 0 Å². The van der Waals surface area contributed by atoms with E-state index in [1.807, 2.05) is 30.0 Å². The van der Waals surface area contributed by atoms with Crippen LogP contribution in [0.25, 0.3) is 0 Å². The van der Waals surface area contributed by atoms with E-state index in [4.69, 9.17) is 0 Å². The minimum atomic E-state index is -0.171. The van der Waals surface area contributed by atoms with Crippen LogP contribution in [0, 0.1) is 5.82 Å². The Morgan fingerprint density at radius 2 is 2.12 bits per heavy atom. The molecule has 0 radical (unpaired) electrons. The largest absolute Gasteiger partial charge is 0.313 e. The molecule has 0 aliphatic rings. The lowest BCUT2D eigenvalue weighted by molar-refractivity contribution is 0.566. The Bertz CT molecular complexity index is 323. The van der Waals surface area contributed by atoms with Gasteiger partial charge in [0, 0.05) is 24.1 Å². The fourth-order valence-electron chi connectivity index (χ4n) is 1.59. The number of halogens is 1. The summed E-state index contributed by atoms with van der Waals surface area (Å²) in [4.78, 5) is 0. The Kier molecular flexibility index (Phi) is 6.97. The third-order valence-corrected chi connectivity index (χ3v) is 3.39. The molecule has 0 aliphatic heterocycles. The molecule has 0 amide bonds. The number of thioether (sulfide) groups is 1. The molecule has 1 aromatic rings. The minimum absolute atomic E-state index is 0.171. The fraction of sp³-hybridized carbons (Fsp3) is 0.429. The third-order valence-electron chi connectivity index (χ3n) is 2.43. The van der Waals surface area contributed by atoms with Crippen molar-refractivity contribution in [2.45, 2.75) is 19.4 Å². The van der Waals surface area contributed by atoms with Gasteiger partial charge in [0.1, 0.15) is 5.82 Å². The minimum Gasteiger partial charge on any atom is -0.313 e. The van der Waals surface area contributed by atoms with E-state index in [2.05, 4.69) is 18.8 Å². The van der Waals surface area contributed by atoms with Gasteiger partial charge in [-0.15, -0.1) is 6.58 Å². The molecule has 0 saturated carbocycles. The normalized spacial score (nSPS) is 12.4. The van der Waals surface area contributed by atoms with Gasteiger partial charge in [-0.25, -0.2) is 4.39 Å². The van der Waals surface area contributed by atoms with Crippen LogP contribution in [0.4, 0.5) is 4.39 Å². The maximum Gasteiger partial charge on any atom is 0.123 e.